The smallest absolute Gasteiger partial charge is 0.257 e. The average molecular weight is 344 g/mol. The summed E-state index contributed by atoms with van der Waals surface area (Å²) in [6, 6.07) is 2.13. The highest BCUT2D eigenvalue weighted by molar-refractivity contribution is 5.76. The van der Waals surface area contributed by atoms with Crippen LogP contribution in [0.15, 0.2) is 18.5 Å². The van der Waals surface area contributed by atoms with Crippen LogP contribution in [0.4, 0.5) is 5.82 Å². The minimum absolute atomic E-state index is 0.0468. The maximum Gasteiger partial charge on any atom is 0.257 e. The van der Waals surface area contributed by atoms with E-state index in [1.165, 1.54) is 0 Å². The minimum atomic E-state index is 0.0468. The normalized spacial score (nSPS) is 16.9. The van der Waals surface area contributed by atoms with Crippen molar-refractivity contribution in [1.82, 2.24) is 25.1 Å². The number of ether oxygens (including phenoxy) is 1. The van der Waals surface area contributed by atoms with Crippen molar-refractivity contribution in [1.29, 1.82) is 0 Å². The van der Waals surface area contributed by atoms with Crippen LogP contribution in [-0.4, -0.2) is 51.9 Å². The van der Waals surface area contributed by atoms with E-state index in [0.29, 0.717) is 25.4 Å². The van der Waals surface area contributed by atoms with E-state index in [-0.39, 0.29) is 11.9 Å². The first-order valence-electron chi connectivity index (χ1n) is 8.47. The highest BCUT2D eigenvalue weighted by Gasteiger charge is 2.27. The van der Waals surface area contributed by atoms with Gasteiger partial charge in [-0.05, 0) is 26.3 Å². The molecule has 1 aliphatic rings. The molecular weight excluding hydrogens is 320 g/mol. The fourth-order valence-corrected chi connectivity index (χ4v) is 3.16. The quantitative estimate of drug-likeness (QED) is 0.844. The number of carbonyl (C=O) groups is 1. The van der Waals surface area contributed by atoms with Gasteiger partial charge in [-0.1, -0.05) is 0 Å². The fourth-order valence-electron chi connectivity index (χ4n) is 3.16. The summed E-state index contributed by atoms with van der Waals surface area (Å²) in [5.41, 5.74) is 2.05. The van der Waals surface area contributed by atoms with Crippen molar-refractivity contribution in [2.75, 3.05) is 25.1 Å². The van der Waals surface area contributed by atoms with Crippen LogP contribution in [0.5, 0.6) is 5.88 Å². The summed E-state index contributed by atoms with van der Waals surface area (Å²) in [5, 5.41) is 7.49. The van der Waals surface area contributed by atoms with E-state index in [1.54, 1.807) is 19.5 Å². The van der Waals surface area contributed by atoms with Gasteiger partial charge in [0.1, 0.15) is 0 Å². The van der Waals surface area contributed by atoms with Gasteiger partial charge in [-0.3, -0.25) is 9.48 Å². The van der Waals surface area contributed by atoms with E-state index in [2.05, 4.69) is 25.3 Å². The van der Waals surface area contributed by atoms with Crippen LogP contribution in [0.2, 0.25) is 0 Å². The molecule has 0 spiro atoms. The molecule has 134 valence electrons. The summed E-state index contributed by atoms with van der Waals surface area (Å²) in [6.07, 6.45) is 4.56. The first-order valence-corrected chi connectivity index (χ1v) is 8.47. The summed E-state index contributed by atoms with van der Waals surface area (Å²) in [7, 11) is 1.59. The van der Waals surface area contributed by atoms with Crippen LogP contribution >= 0.6 is 0 Å². The van der Waals surface area contributed by atoms with Gasteiger partial charge in [0.25, 0.3) is 5.88 Å². The molecular formula is C17H24N6O2. The van der Waals surface area contributed by atoms with Gasteiger partial charge in [-0.25, -0.2) is 9.97 Å². The van der Waals surface area contributed by atoms with Crippen LogP contribution in [0.3, 0.4) is 0 Å². The Kier molecular flexibility index (Phi) is 5.16. The summed E-state index contributed by atoms with van der Waals surface area (Å²) in [4.78, 5) is 22.9. The highest BCUT2D eigenvalue weighted by atomic mass is 16.5. The van der Waals surface area contributed by atoms with Gasteiger partial charge >= 0.3 is 0 Å². The Labute approximate surface area is 147 Å². The SMILES string of the molecule is COc1nccnc1N1CCC(NC(=O)CCn2nc(C)cc2C)C1. The summed E-state index contributed by atoms with van der Waals surface area (Å²) in [6.45, 7) is 6.08. The molecule has 0 radical (unpaired) electrons. The van der Waals surface area contributed by atoms with Gasteiger partial charge in [0, 0.05) is 50.2 Å². The number of aryl methyl sites for hydroxylation is 3. The van der Waals surface area contributed by atoms with E-state index < -0.39 is 0 Å². The zero-order chi connectivity index (χ0) is 17.8. The third-order valence-corrected chi connectivity index (χ3v) is 4.35. The molecule has 3 heterocycles. The first kappa shape index (κ1) is 17.2. The number of carbonyl (C=O) groups excluding carboxylic acids is 1. The number of rotatable bonds is 6. The lowest BCUT2D eigenvalue weighted by Gasteiger charge is -2.19. The largest absolute Gasteiger partial charge is 0.478 e. The molecule has 1 aliphatic heterocycles. The van der Waals surface area contributed by atoms with Gasteiger partial charge < -0.3 is 15.0 Å². The molecule has 0 aromatic carbocycles. The Bertz CT molecular complexity index is 744. The molecule has 8 heteroatoms. The standard InChI is InChI=1S/C17H24N6O2/c1-12-10-13(2)23(21-12)9-5-15(24)20-14-4-8-22(11-14)16-17(25-3)19-7-6-18-16/h6-7,10,14H,4-5,8-9,11H2,1-3H3,(H,20,24). The van der Waals surface area contributed by atoms with Crippen LogP contribution in [0.25, 0.3) is 0 Å². The lowest BCUT2D eigenvalue weighted by Crippen LogP contribution is -2.37. The molecule has 2 aromatic rings. The predicted octanol–water partition coefficient (Wildman–Crippen LogP) is 1.08. The predicted molar refractivity (Wildman–Crippen MR) is 93.7 cm³/mol. The van der Waals surface area contributed by atoms with Crippen molar-refractivity contribution >= 4 is 11.7 Å². The second kappa shape index (κ2) is 7.50. The van der Waals surface area contributed by atoms with Gasteiger partial charge in [0.05, 0.1) is 12.8 Å². The maximum absolute atomic E-state index is 12.2. The molecule has 0 aliphatic carbocycles. The number of hydrogen-bond acceptors (Lipinski definition) is 6. The number of nitrogens with one attached hydrogen (secondary N) is 1. The van der Waals surface area contributed by atoms with Gasteiger partial charge in [-0.2, -0.15) is 5.10 Å². The first-order chi connectivity index (χ1) is 12.1. The molecule has 8 nitrogen and oxygen atoms in total. The molecule has 1 unspecified atom stereocenters. The fraction of sp³-hybridized carbons (Fsp3) is 0.529. The topological polar surface area (TPSA) is 85.2 Å². The van der Waals surface area contributed by atoms with Crippen molar-refractivity contribution in [3.05, 3.63) is 29.8 Å². The maximum atomic E-state index is 12.2. The van der Waals surface area contributed by atoms with Crippen molar-refractivity contribution in [3.63, 3.8) is 0 Å². The average Bonchev–Trinajstić information content (AvgIpc) is 3.19. The summed E-state index contributed by atoms with van der Waals surface area (Å²) >= 11 is 0. The molecule has 2 aromatic heterocycles. The molecule has 3 rings (SSSR count). The molecule has 1 N–H and O–H groups in total. The van der Waals surface area contributed by atoms with Gasteiger partial charge in [0.2, 0.25) is 5.91 Å². The number of amides is 1. The third-order valence-electron chi connectivity index (χ3n) is 4.35. The molecule has 0 bridgehead atoms. The van der Waals surface area contributed by atoms with Crippen molar-refractivity contribution in [2.45, 2.75) is 39.3 Å². The van der Waals surface area contributed by atoms with E-state index in [0.717, 1.165) is 30.2 Å². The summed E-state index contributed by atoms with van der Waals surface area (Å²) < 4.78 is 7.14. The van der Waals surface area contributed by atoms with Gasteiger partial charge in [0.15, 0.2) is 5.82 Å². The molecule has 0 saturated carbocycles. The van der Waals surface area contributed by atoms with Gasteiger partial charge in [-0.15, -0.1) is 0 Å². The molecule has 25 heavy (non-hydrogen) atoms. The Morgan fingerprint density at radius 1 is 1.36 bits per heavy atom. The number of hydrogen-bond donors (Lipinski definition) is 1. The van der Waals surface area contributed by atoms with Crippen molar-refractivity contribution in [2.24, 2.45) is 0 Å². The highest BCUT2D eigenvalue weighted by Crippen LogP contribution is 2.25. The summed E-state index contributed by atoms with van der Waals surface area (Å²) in [5.74, 6) is 1.29. The minimum Gasteiger partial charge on any atom is -0.478 e. The van der Waals surface area contributed by atoms with E-state index in [4.69, 9.17) is 4.74 Å². The Morgan fingerprint density at radius 2 is 2.16 bits per heavy atom. The van der Waals surface area contributed by atoms with Crippen LogP contribution in [0.1, 0.15) is 24.2 Å². The number of methoxy groups -OCH3 is 1. The van der Waals surface area contributed by atoms with Crippen LogP contribution in [0, 0.1) is 13.8 Å². The molecule has 1 saturated heterocycles. The van der Waals surface area contributed by atoms with E-state index in [9.17, 15) is 4.79 Å². The number of aromatic nitrogens is 4. The monoisotopic (exact) mass is 344 g/mol. The number of nitrogens with zero attached hydrogens (tertiary/aromatic N) is 5. The molecule has 1 atom stereocenters. The lowest BCUT2D eigenvalue weighted by atomic mass is 10.2. The third kappa shape index (κ3) is 4.07. The van der Waals surface area contributed by atoms with E-state index >= 15 is 0 Å². The van der Waals surface area contributed by atoms with Crippen LogP contribution in [-0.2, 0) is 11.3 Å². The Hall–Kier alpha value is -2.64. The second-order valence-electron chi connectivity index (χ2n) is 6.29. The number of anilines is 1. The molecule has 1 amide bonds. The Balaban J connectivity index is 1.51. The second-order valence-corrected chi connectivity index (χ2v) is 6.29. The zero-order valence-electron chi connectivity index (χ0n) is 14.9. The lowest BCUT2D eigenvalue weighted by molar-refractivity contribution is -0.121. The Morgan fingerprint density at radius 3 is 2.88 bits per heavy atom. The van der Waals surface area contributed by atoms with Crippen molar-refractivity contribution < 1.29 is 9.53 Å². The van der Waals surface area contributed by atoms with Crippen molar-refractivity contribution in [3.8, 4) is 5.88 Å². The zero-order valence-corrected chi connectivity index (χ0v) is 14.9. The van der Waals surface area contributed by atoms with E-state index in [1.807, 2.05) is 24.6 Å². The molecule has 1 fully saturated rings. The van der Waals surface area contributed by atoms with Crippen LogP contribution < -0.4 is 15.0 Å².